The van der Waals surface area contributed by atoms with Gasteiger partial charge in [0.05, 0.1) is 7.11 Å². The van der Waals surface area contributed by atoms with E-state index in [9.17, 15) is 0 Å². The van der Waals surface area contributed by atoms with Crippen LogP contribution in [0.1, 0.15) is 36.8 Å². The summed E-state index contributed by atoms with van der Waals surface area (Å²) in [5, 5.41) is 7.24. The van der Waals surface area contributed by atoms with Gasteiger partial charge in [-0.1, -0.05) is 48.5 Å². The van der Waals surface area contributed by atoms with Crippen molar-refractivity contribution in [2.24, 2.45) is 4.99 Å². The number of methoxy groups -OCH3 is 1. The van der Waals surface area contributed by atoms with Crippen LogP contribution in [0, 0.1) is 0 Å². The van der Waals surface area contributed by atoms with Crippen molar-refractivity contribution in [1.29, 1.82) is 0 Å². The minimum absolute atomic E-state index is 0. The molecule has 2 N–H and O–H groups in total. The van der Waals surface area contributed by atoms with Crippen LogP contribution in [0.4, 0.5) is 0 Å². The lowest BCUT2D eigenvalue weighted by Gasteiger charge is -2.33. The van der Waals surface area contributed by atoms with E-state index < -0.39 is 0 Å². The Morgan fingerprint density at radius 2 is 1.74 bits per heavy atom. The lowest BCUT2D eigenvalue weighted by Crippen LogP contribution is -2.49. The normalized spacial score (nSPS) is 18.7. The van der Waals surface area contributed by atoms with Crippen LogP contribution in [-0.2, 0) is 12.0 Å². The Morgan fingerprint density at radius 3 is 2.39 bits per heavy atom. The van der Waals surface area contributed by atoms with E-state index in [0.717, 1.165) is 50.7 Å². The largest absolute Gasteiger partial charge is 0.496 e. The van der Waals surface area contributed by atoms with Gasteiger partial charge in [0.2, 0.25) is 0 Å². The van der Waals surface area contributed by atoms with Gasteiger partial charge in [-0.3, -0.25) is 9.89 Å². The van der Waals surface area contributed by atoms with Gasteiger partial charge in [-0.2, -0.15) is 0 Å². The van der Waals surface area contributed by atoms with Crippen molar-refractivity contribution in [3.8, 4) is 5.75 Å². The van der Waals surface area contributed by atoms with E-state index in [1.54, 1.807) is 7.11 Å². The molecule has 1 aliphatic carbocycles. The highest BCUT2D eigenvalue weighted by molar-refractivity contribution is 14.0. The maximum atomic E-state index is 5.60. The highest BCUT2D eigenvalue weighted by atomic mass is 127. The van der Waals surface area contributed by atoms with Crippen molar-refractivity contribution in [2.45, 2.75) is 43.7 Å². The molecule has 1 heterocycles. The molecule has 0 spiro atoms. The topological polar surface area (TPSA) is 48.9 Å². The molecule has 168 valence electrons. The molecule has 0 aromatic heterocycles. The summed E-state index contributed by atoms with van der Waals surface area (Å²) in [5.41, 5.74) is 2.88. The molecule has 31 heavy (non-hydrogen) atoms. The summed E-state index contributed by atoms with van der Waals surface area (Å²) < 4.78 is 5.60. The lowest BCUT2D eigenvalue weighted by molar-refractivity contribution is 0.198. The van der Waals surface area contributed by atoms with Crippen molar-refractivity contribution in [3.63, 3.8) is 0 Å². The van der Waals surface area contributed by atoms with E-state index >= 15 is 0 Å². The summed E-state index contributed by atoms with van der Waals surface area (Å²) in [7, 11) is 3.62. The number of guanidine groups is 1. The SMILES string of the molecule is CN=C(NCC1(c2ccccc2OC)CC1)NC1CCN(Cc2ccccc2)CC1.I. The predicted molar refractivity (Wildman–Crippen MR) is 139 cm³/mol. The van der Waals surface area contributed by atoms with E-state index in [1.165, 1.54) is 24.0 Å². The minimum Gasteiger partial charge on any atom is -0.496 e. The molecule has 1 saturated carbocycles. The second kappa shape index (κ2) is 11.2. The molecule has 2 aromatic carbocycles. The zero-order valence-electron chi connectivity index (χ0n) is 18.6. The van der Waals surface area contributed by atoms with Gasteiger partial charge in [0.1, 0.15) is 5.75 Å². The fourth-order valence-electron chi connectivity index (χ4n) is 4.49. The van der Waals surface area contributed by atoms with Gasteiger partial charge >= 0.3 is 0 Å². The average Bonchev–Trinajstić information content (AvgIpc) is 3.59. The number of aliphatic imine (C=N–C) groups is 1. The Labute approximate surface area is 203 Å². The summed E-state index contributed by atoms with van der Waals surface area (Å²) in [6, 6.07) is 19.6. The number of ether oxygens (including phenoxy) is 1. The number of likely N-dealkylation sites (tertiary alicyclic amines) is 1. The van der Waals surface area contributed by atoms with Crippen LogP contribution >= 0.6 is 24.0 Å². The van der Waals surface area contributed by atoms with Gasteiger partial charge in [-0.05, 0) is 37.3 Å². The molecule has 0 bridgehead atoms. The molecular formula is C25H35IN4O. The van der Waals surface area contributed by atoms with Crippen LogP contribution in [0.2, 0.25) is 0 Å². The summed E-state index contributed by atoms with van der Waals surface area (Å²) in [5.74, 6) is 1.91. The summed E-state index contributed by atoms with van der Waals surface area (Å²) in [6.07, 6.45) is 4.67. The molecule has 2 fully saturated rings. The van der Waals surface area contributed by atoms with Gasteiger partial charge in [0, 0.05) is 50.2 Å². The molecule has 5 nitrogen and oxygen atoms in total. The van der Waals surface area contributed by atoms with Gasteiger partial charge < -0.3 is 15.4 Å². The van der Waals surface area contributed by atoms with Gasteiger partial charge in [0.15, 0.2) is 5.96 Å². The summed E-state index contributed by atoms with van der Waals surface area (Å²) in [4.78, 5) is 7.03. The second-order valence-electron chi connectivity index (χ2n) is 8.59. The molecule has 0 atom stereocenters. The number of hydrogen-bond acceptors (Lipinski definition) is 3. The Kier molecular flexibility index (Phi) is 8.60. The minimum atomic E-state index is 0. The van der Waals surface area contributed by atoms with Crippen molar-refractivity contribution >= 4 is 29.9 Å². The number of nitrogens with zero attached hydrogens (tertiary/aromatic N) is 2. The molecule has 0 amide bonds. The Hall–Kier alpha value is -1.80. The van der Waals surface area contributed by atoms with E-state index in [-0.39, 0.29) is 29.4 Å². The van der Waals surface area contributed by atoms with E-state index in [4.69, 9.17) is 4.74 Å². The molecule has 6 heteroatoms. The van der Waals surface area contributed by atoms with E-state index in [0.29, 0.717) is 6.04 Å². The quantitative estimate of drug-likeness (QED) is 0.318. The number of hydrogen-bond donors (Lipinski definition) is 2. The van der Waals surface area contributed by atoms with Crippen LogP contribution in [0.3, 0.4) is 0 Å². The van der Waals surface area contributed by atoms with Crippen molar-refractivity contribution in [2.75, 3.05) is 33.8 Å². The Bertz CT molecular complexity index is 846. The van der Waals surface area contributed by atoms with Crippen LogP contribution in [0.15, 0.2) is 59.6 Å². The van der Waals surface area contributed by atoms with Crippen molar-refractivity contribution < 1.29 is 4.74 Å². The molecule has 2 aliphatic rings. The van der Waals surface area contributed by atoms with Crippen LogP contribution in [-0.4, -0.2) is 50.7 Å². The number of para-hydroxylation sites is 1. The third kappa shape index (κ3) is 6.13. The molecular weight excluding hydrogens is 499 g/mol. The highest BCUT2D eigenvalue weighted by Gasteiger charge is 2.46. The molecule has 1 saturated heterocycles. The number of benzene rings is 2. The van der Waals surface area contributed by atoms with Crippen LogP contribution < -0.4 is 15.4 Å². The fourth-order valence-corrected chi connectivity index (χ4v) is 4.49. The van der Waals surface area contributed by atoms with Crippen molar-refractivity contribution in [1.82, 2.24) is 15.5 Å². The first kappa shape index (κ1) is 23.9. The molecule has 2 aromatic rings. The molecule has 0 unspecified atom stereocenters. The number of piperidine rings is 1. The van der Waals surface area contributed by atoms with Gasteiger partial charge in [0.25, 0.3) is 0 Å². The van der Waals surface area contributed by atoms with Gasteiger partial charge in [-0.25, -0.2) is 0 Å². The first-order valence-corrected chi connectivity index (χ1v) is 11.1. The van der Waals surface area contributed by atoms with E-state index in [1.807, 2.05) is 13.1 Å². The number of nitrogens with one attached hydrogen (secondary N) is 2. The first-order chi connectivity index (χ1) is 14.7. The predicted octanol–water partition coefficient (Wildman–Crippen LogP) is 4.17. The molecule has 0 radical (unpaired) electrons. The number of halogens is 1. The first-order valence-electron chi connectivity index (χ1n) is 11.1. The standard InChI is InChI=1S/C25H34N4O.HI/c1-26-24(27-19-25(14-15-25)22-10-6-7-11-23(22)30-2)28-21-12-16-29(17-13-21)18-20-8-4-3-5-9-20;/h3-11,21H,12-19H2,1-2H3,(H2,26,27,28);1H. The van der Waals surface area contributed by atoms with Crippen LogP contribution in [0.5, 0.6) is 5.75 Å². The smallest absolute Gasteiger partial charge is 0.191 e. The van der Waals surface area contributed by atoms with Crippen LogP contribution in [0.25, 0.3) is 0 Å². The summed E-state index contributed by atoms with van der Waals surface area (Å²) in [6.45, 7) is 4.17. The monoisotopic (exact) mass is 534 g/mol. The Balaban J connectivity index is 0.00000272. The maximum Gasteiger partial charge on any atom is 0.191 e. The zero-order chi connectivity index (χ0) is 20.8. The van der Waals surface area contributed by atoms with E-state index in [2.05, 4.69) is 69.1 Å². The third-order valence-electron chi connectivity index (χ3n) is 6.53. The molecule has 1 aliphatic heterocycles. The Morgan fingerprint density at radius 1 is 1.06 bits per heavy atom. The third-order valence-corrected chi connectivity index (χ3v) is 6.53. The highest BCUT2D eigenvalue weighted by Crippen LogP contribution is 2.50. The zero-order valence-corrected chi connectivity index (χ0v) is 21.0. The van der Waals surface area contributed by atoms with Gasteiger partial charge in [-0.15, -0.1) is 24.0 Å². The molecule has 4 rings (SSSR count). The second-order valence-corrected chi connectivity index (χ2v) is 8.59. The number of rotatable bonds is 7. The fraction of sp³-hybridized carbons (Fsp3) is 0.480. The average molecular weight is 534 g/mol. The summed E-state index contributed by atoms with van der Waals surface area (Å²) >= 11 is 0. The maximum absolute atomic E-state index is 5.60. The van der Waals surface area contributed by atoms with Crippen molar-refractivity contribution in [3.05, 3.63) is 65.7 Å². The lowest BCUT2D eigenvalue weighted by atomic mass is 9.95.